The van der Waals surface area contributed by atoms with Gasteiger partial charge in [-0.1, -0.05) is 41.4 Å². The summed E-state index contributed by atoms with van der Waals surface area (Å²) >= 11 is 12.4. The summed E-state index contributed by atoms with van der Waals surface area (Å²) in [5, 5.41) is 3.84. The molecule has 0 spiro atoms. The molecule has 2 aromatic heterocycles. The molecule has 2 aromatic carbocycles. The highest BCUT2D eigenvalue weighted by atomic mass is 35.5. The van der Waals surface area contributed by atoms with Crippen molar-refractivity contribution in [2.45, 2.75) is 20.0 Å². The number of aromatic nitrogens is 3. The predicted octanol–water partition coefficient (Wildman–Crippen LogP) is 6.30. The first-order valence-electron chi connectivity index (χ1n) is 8.83. The van der Waals surface area contributed by atoms with Crippen LogP contribution < -0.4 is 5.56 Å². The van der Waals surface area contributed by atoms with E-state index < -0.39 is 11.7 Å². The molecular formula is C21H14Cl2F3N3O. The Morgan fingerprint density at radius 2 is 1.70 bits per heavy atom. The number of alkyl halides is 3. The average Bonchev–Trinajstić information content (AvgIpc) is 3.00. The monoisotopic (exact) mass is 451 g/mol. The minimum Gasteiger partial charge on any atom is -0.293 e. The van der Waals surface area contributed by atoms with Gasteiger partial charge < -0.3 is 0 Å². The van der Waals surface area contributed by atoms with Crippen molar-refractivity contribution in [1.82, 2.24) is 14.6 Å². The number of hydrogen-bond donors (Lipinski definition) is 1. The lowest BCUT2D eigenvalue weighted by molar-refractivity contribution is -0.137. The Hall–Kier alpha value is -2.77. The highest BCUT2D eigenvalue weighted by molar-refractivity contribution is 6.36. The van der Waals surface area contributed by atoms with E-state index in [-0.39, 0.29) is 5.56 Å². The zero-order valence-electron chi connectivity index (χ0n) is 15.7. The number of nitrogens with zero attached hydrogens (tertiary/aromatic N) is 2. The smallest absolute Gasteiger partial charge is 0.293 e. The van der Waals surface area contributed by atoms with E-state index in [2.05, 4.69) is 10.1 Å². The van der Waals surface area contributed by atoms with E-state index >= 15 is 0 Å². The van der Waals surface area contributed by atoms with Crippen LogP contribution in [0.1, 0.15) is 16.8 Å². The Kier molecular flexibility index (Phi) is 4.91. The van der Waals surface area contributed by atoms with E-state index in [4.69, 9.17) is 23.2 Å². The molecule has 2 heterocycles. The molecule has 4 aromatic rings. The number of aromatic amines is 1. The molecule has 0 fully saturated rings. The van der Waals surface area contributed by atoms with Crippen LogP contribution in [-0.2, 0) is 6.18 Å². The maximum absolute atomic E-state index is 12.9. The van der Waals surface area contributed by atoms with Crippen molar-refractivity contribution in [2.75, 3.05) is 0 Å². The van der Waals surface area contributed by atoms with E-state index in [1.165, 1.54) is 16.6 Å². The molecule has 0 aliphatic carbocycles. The molecule has 0 amide bonds. The van der Waals surface area contributed by atoms with Crippen molar-refractivity contribution in [3.05, 3.63) is 79.7 Å². The van der Waals surface area contributed by atoms with Crippen LogP contribution in [0.4, 0.5) is 13.2 Å². The minimum absolute atomic E-state index is 0.305. The molecule has 0 saturated carbocycles. The summed E-state index contributed by atoms with van der Waals surface area (Å²) in [6, 6.07) is 9.55. The third-order valence-electron chi connectivity index (χ3n) is 4.87. The van der Waals surface area contributed by atoms with E-state index in [1.54, 1.807) is 32.0 Å². The van der Waals surface area contributed by atoms with Gasteiger partial charge in [0.15, 0.2) is 5.65 Å². The summed E-state index contributed by atoms with van der Waals surface area (Å²) in [4.78, 5) is 17.6. The first-order chi connectivity index (χ1) is 14.1. The molecule has 4 nitrogen and oxygen atoms in total. The van der Waals surface area contributed by atoms with Gasteiger partial charge in [0.1, 0.15) is 0 Å². The first-order valence-corrected chi connectivity index (χ1v) is 9.58. The van der Waals surface area contributed by atoms with Gasteiger partial charge in [-0.3, -0.25) is 9.89 Å². The summed E-state index contributed by atoms with van der Waals surface area (Å²) in [7, 11) is 0. The zero-order valence-corrected chi connectivity index (χ0v) is 17.2. The molecule has 4 rings (SSSR count). The van der Waals surface area contributed by atoms with Crippen LogP contribution in [0.5, 0.6) is 0 Å². The molecule has 0 atom stereocenters. The number of nitrogens with one attached hydrogen (secondary N) is 1. The summed E-state index contributed by atoms with van der Waals surface area (Å²) in [6.07, 6.45) is -4.44. The fourth-order valence-corrected chi connectivity index (χ4v) is 3.88. The second kappa shape index (κ2) is 7.18. The van der Waals surface area contributed by atoms with Gasteiger partial charge in [-0.15, -0.1) is 0 Å². The molecular weight excluding hydrogens is 438 g/mol. The third kappa shape index (κ3) is 3.38. The van der Waals surface area contributed by atoms with Gasteiger partial charge >= 0.3 is 6.18 Å². The number of benzene rings is 2. The molecule has 1 N–H and O–H groups in total. The van der Waals surface area contributed by atoms with Crippen molar-refractivity contribution < 1.29 is 13.2 Å². The van der Waals surface area contributed by atoms with Gasteiger partial charge in [0.25, 0.3) is 5.56 Å². The van der Waals surface area contributed by atoms with Crippen molar-refractivity contribution >= 4 is 28.8 Å². The van der Waals surface area contributed by atoms with E-state index in [1.807, 2.05) is 0 Å². The van der Waals surface area contributed by atoms with Crippen LogP contribution in [0.15, 0.2) is 47.3 Å². The number of aryl methyl sites for hydroxylation is 1. The van der Waals surface area contributed by atoms with Gasteiger partial charge in [-0.2, -0.15) is 13.2 Å². The largest absolute Gasteiger partial charge is 0.416 e. The average molecular weight is 452 g/mol. The number of H-pyrrole nitrogens is 1. The summed E-state index contributed by atoms with van der Waals surface area (Å²) in [5.41, 5.74) is 2.12. The number of rotatable bonds is 2. The van der Waals surface area contributed by atoms with Crippen molar-refractivity contribution in [3.8, 4) is 22.4 Å². The van der Waals surface area contributed by atoms with Crippen LogP contribution >= 0.6 is 23.2 Å². The van der Waals surface area contributed by atoms with E-state index in [0.717, 1.165) is 12.1 Å². The molecule has 0 unspecified atom stereocenters. The molecule has 154 valence electrons. The second-order valence-corrected chi connectivity index (χ2v) is 7.70. The van der Waals surface area contributed by atoms with Gasteiger partial charge in [0.2, 0.25) is 0 Å². The molecule has 0 bridgehead atoms. The fraction of sp³-hybridized carbons (Fsp3) is 0.143. The minimum atomic E-state index is -4.44. The SMILES string of the molecule is Cc1[nH]n2c(=O)c(C)c(-c3ccc(C(F)(F)F)cc3)nc2c1-c1ccc(Cl)cc1Cl. The molecule has 30 heavy (non-hydrogen) atoms. The molecule has 0 radical (unpaired) electrons. The third-order valence-corrected chi connectivity index (χ3v) is 5.42. The lowest BCUT2D eigenvalue weighted by Gasteiger charge is -2.10. The Morgan fingerprint density at radius 1 is 1.03 bits per heavy atom. The Bertz CT molecular complexity index is 1340. The van der Waals surface area contributed by atoms with Crippen LogP contribution in [0, 0.1) is 13.8 Å². The van der Waals surface area contributed by atoms with Crippen molar-refractivity contribution in [3.63, 3.8) is 0 Å². The summed E-state index contributed by atoms with van der Waals surface area (Å²) in [6.45, 7) is 3.36. The van der Waals surface area contributed by atoms with Crippen molar-refractivity contribution in [2.24, 2.45) is 0 Å². The Balaban J connectivity index is 1.97. The van der Waals surface area contributed by atoms with Crippen molar-refractivity contribution in [1.29, 1.82) is 0 Å². The lowest BCUT2D eigenvalue weighted by atomic mass is 10.0. The van der Waals surface area contributed by atoms with Gasteiger partial charge in [0, 0.05) is 33.0 Å². The van der Waals surface area contributed by atoms with E-state index in [0.29, 0.717) is 49.3 Å². The number of halogens is 5. The molecule has 9 heteroatoms. The summed E-state index contributed by atoms with van der Waals surface area (Å²) < 4.78 is 40.0. The normalized spacial score (nSPS) is 12.0. The van der Waals surface area contributed by atoms with Gasteiger partial charge in [-0.05, 0) is 38.1 Å². The van der Waals surface area contributed by atoms with Crippen LogP contribution in [0.2, 0.25) is 10.0 Å². The molecule has 0 aliphatic rings. The first kappa shape index (κ1) is 20.5. The lowest BCUT2D eigenvalue weighted by Crippen LogP contribution is -2.19. The highest BCUT2D eigenvalue weighted by Crippen LogP contribution is 2.35. The zero-order chi connectivity index (χ0) is 21.8. The standard InChI is InChI=1S/C21H14Cl2F3N3O/c1-10-18(12-3-5-13(6-4-12)21(24,25)26)27-19-17(11(2)28-29(19)20(10)30)15-8-7-14(22)9-16(15)23/h3-9,28H,1-2H3. The quantitative estimate of drug-likeness (QED) is 0.388. The molecule has 0 saturated heterocycles. The van der Waals surface area contributed by atoms with Gasteiger partial charge in [-0.25, -0.2) is 9.50 Å². The topological polar surface area (TPSA) is 50.2 Å². The van der Waals surface area contributed by atoms with Crippen LogP contribution in [0.3, 0.4) is 0 Å². The summed E-state index contributed by atoms with van der Waals surface area (Å²) in [5.74, 6) is 0. The van der Waals surface area contributed by atoms with Crippen LogP contribution in [-0.4, -0.2) is 14.6 Å². The number of fused-ring (bicyclic) bond motifs is 1. The highest BCUT2D eigenvalue weighted by Gasteiger charge is 2.30. The van der Waals surface area contributed by atoms with E-state index in [9.17, 15) is 18.0 Å². The fourth-order valence-electron chi connectivity index (χ4n) is 3.38. The maximum atomic E-state index is 12.9. The number of hydrogen-bond acceptors (Lipinski definition) is 2. The Morgan fingerprint density at radius 3 is 2.30 bits per heavy atom. The maximum Gasteiger partial charge on any atom is 0.416 e. The second-order valence-electron chi connectivity index (χ2n) is 6.86. The van der Waals surface area contributed by atoms with Crippen LogP contribution in [0.25, 0.3) is 28.0 Å². The van der Waals surface area contributed by atoms with Gasteiger partial charge in [0.05, 0.1) is 16.3 Å². The Labute approximate surface area is 178 Å². The predicted molar refractivity (Wildman–Crippen MR) is 111 cm³/mol. The molecule has 0 aliphatic heterocycles.